The van der Waals surface area contributed by atoms with Gasteiger partial charge in [-0.2, -0.15) is 0 Å². The summed E-state index contributed by atoms with van der Waals surface area (Å²) >= 11 is 7.61. The van der Waals surface area contributed by atoms with Crippen LogP contribution in [-0.2, 0) is 4.74 Å². The van der Waals surface area contributed by atoms with Crippen LogP contribution in [0.4, 0.5) is 5.69 Å². The van der Waals surface area contributed by atoms with E-state index in [1.165, 1.54) is 12.8 Å². The topological polar surface area (TPSA) is 35.2 Å². The van der Waals surface area contributed by atoms with Crippen molar-refractivity contribution in [1.82, 2.24) is 0 Å². The normalized spacial score (nSPS) is 15.5. The van der Waals surface area contributed by atoms with E-state index in [1.807, 2.05) is 12.1 Å². The monoisotopic (exact) mass is 243 g/mol. The summed E-state index contributed by atoms with van der Waals surface area (Å²) in [5, 5.41) is 0.740. The van der Waals surface area contributed by atoms with Gasteiger partial charge in [-0.15, -0.1) is 0 Å². The van der Waals surface area contributed by atoms with Crippen LogP contribution >= 0.6 is 23.4 Å². The zero-order valence-corrected chi connectivity index (χ0v) is 9.98. The zero-order chi connectivity index (χ0) is 10.7. The number of benzene rings is 1. The molecule has 1 aliphatic rings. The Morgan fingerprint density at radius 1 is 1.47 bits per heavy atom. The molecule has 0 spiro atoms. The minimum atomic E-state index is 0.652. The lowest BCUT2D eigenvalue weighted by Gasteiger charge is -2.05. The molecular weight excluding hydrogens is 230 g/mol. The number of ether oxygens (including phenoxy) is 1. The number of rotatable bonds is 5. The maximum atomic E-state index is 6.02. The van der Waals surface area contributed by atoms with Gasteiger partial charge in [-0.25, -0.2) is 0 Å². The van der Waals surface area contributed by atoms with Crippen LogP contribution in [0, 0.1) is 5.92 Å². The SMILES string of the molecule is Nc1ccc(Cl)c(SCOCC2CC2)c1. The van der Waals surface area contributed by atoms with E-state index in [0.29, 0.717) is 5.94 Å². The highest BCUT2D eigenvalue weighted by atomic mass is 35.5. The number of nitrogen functional groups attached to an aromatic ring is 1. The van der Waals surface area contributed by atoms with Crippen LogP contribution in [0.25, 0.3) is 0 Å². The summed E-state index contributed by atoms with van der Waals surface area (Å²) in [6, 6.07) is 5.51. The predicted molar refractivity (Wildman–Crippen MR) is 65.3 cm³/mol. The molecule has 82 valence electrons. The van der Waals surface area contributed by atoms with Crippen molar-refractivity contribution in [3.8, 4) is 0 Å². The van der Waals surface area contributed by atoms with Crippen LogP contribution in [0.5, 0.6) is 0 Å². The molecule has 0 bridgehead atoms. The molecule has 0 amide bonds. The van der Waals surface area contributed by atoms with Gasteiger partial charge in [0.25, 0.3) is 0 Å². The van der Waals surface area contributed by atoms with Gasteiger partial charge in [0.1, 0.15) is 0 Å². The lowest BCUT2D eigenvalue weighted by Crippen LogP contribution is -1.95. The van der Waals surface area contributed by atoms with E-state index in [4.69, 9.17) is 22.1 Å². The second-order valence-electron chi connectivity index (χ2n) is 3.77. The molecular formula is C11H14ClNOS. The highest BCUT2D eigenvalue weighted by Crippen LogP contribution is 2.31. The van der Waals surface area contributed by atoms with Crippen molar-refractivity contribution in [2.75, 3.05) is 18.3 Å². The van der Waals surface area contributed by atoms with E-state index >= 15 is 0 Å². The van der Waals surface area contributed by atoms with Gasteiger partial charge in [0, 0.05) is 10.6 Å². The van der Waals surface area contributed by atoms with Gasteiger partial charge >= 0.3 is 0 Å². The van der Waals surface area contributed by atoms with Crippen LogP contribution in [0.1, 0.15) is 12.8 Å². The molecule has 0 unspecified atom stereocenters. The molecule has 0 aliphatic heterocycles. The highest BCUT2D eigenvalue weighted by Gasteiger charge is 2.20. The van der Waals surface area contributed by atoms with Crippen molar-refractivity contribution in [2.45, 2.75) is 17.7 Å². The molecule has 15 heavy (non-hydrogen) atoms. The quantitative estimate of drug-likeness (QED) is 0.373. The summed E-state index contributed by atoms with van der Waals surface area (Å²) in [6.07, 6.45) is 2.65. The van der Waals surface area contributed by atoms with Crippen LogP contribution in [0.2, 0.25) is 5.02 Å². The highest BCUT2D eigenvalue weighted by molar-refractivity contribution is 7.99. The molecule has 1 aromatic rings. The van der Waals surface area contributed by atoms with Crippen molar-refractivity contribution in [3.05, 3.63) is 23.2 Å². The molecule has 0 radical (unpaired) electrons. The molecule has 0 atom stereocenters. The van der Waals surface area contributed by atoms with E-state index in [2.05, 4.69) is 0 Å². The molecule has 1 aliphatic carbocycles. The van der Waals surface area contributed by atoms with Gasteiger partial charge in [0.05, 0.1) is 17.6 Å². The molecule has 0 aromatic heterocycles. The molecule has 0 heterocycles. The van der Waals surface area contributed by atoms with Gasteiger partial charge in [0.2, 0.25) is 0 Å². The van der Waals surface area contributed by atoms with E-state index in [0.717, 1.165) is 28.1 Å². The lowest BCUT2D eigenvalue weighted by molar-refractivity contribution is 0.171. The lowest BCUT2D eigenvalue weighted by atomic mass is 10.3. The van der Waals surface area contributed by atoms with Crippen molar-refractivity contribution in [1.29, 1.82) is 0 Å². The Morgan fingerprint density at radius 2 is 2.27 bits per heavy atom. The number of anilines is 1. The Bertz CT molecular complexity index is 341. The van der Waals surface area contributed by atoms with Gasteiger partial charge < -0.3 is 10.5 Å². The van der Waals surface area contributed by atoms with Crippen molar-refractivity contribution in [3.63, 3.8) is 0 Å². The average Bonchev–Trinajstić information content (AvgIpc) is 3.01. The molecule has 1 aromatic carbocycles. The average molecular weight is 244 g/mol. The fourth-order valence-corrected chi connectivity index (χ4v) is 2.25. The maximum absolute atomic E-state index is 6.02. The Kier molecular flexibility index (Phi) is 3.78. The third kappa shape index (κ3) is 3.59. The first-order valence-corrected chi connectivity index (χ1v) is 6.37. The van der Waals surface area contributed by atoms with E-state index in [9.17, 15) is 0 Å². The largest absolute Gasteiger partial charge is 0.399 e. The van der Waals surface area contributed by atoms with Crippen LogP contribution in [-0.4, -0.2) is 12.5 Å². The molecule has 2 rings (SSSR count). The Balaban J connectivity index is 1.78. The van der Waals surface area contributed by atoms with Crippen molar-refractivity contribution >= 4 is 29.1 Å². The molecule has 4 heteroatoms. The van der Waals surface area contributed by atoms with Crippen LogP contribution in [0.3, 0.4) is 0 Å². The van der Waals surface area contributed by atoms with Crippen molar-refractivity contribution < 1.29 is 4.74 Å². The summed E-state index contributed by atoms with van der Waals surface area (Å²) in [7, 11) is 0. The van der Waals surface area contributed by atoms with E-state index in [1.54, 1.807) is 17.8 Å². The summed E-state index contributed by atoms with van der Waals surface area (Å²) < 4.78 is 5.52. The summed E-state index contributed by atoms with van der Waals surface area (Å²) in [5.41, 5.74) is 6.42. The van der Waals surface area contributed by atoms with E-state index < -0.39 is 0 Å². The molecule has 2 nitrogen and oxygen atoms in total. The van der Waals surface area contributed by atoms with Gasteiger partial charge in [-0.05, 0) is 37.0 Å². The molecule has 1 saturated carbocycles. The fraction of sp³-hybridized carbons (Fsp3) is 0.455. The Morgan fingerprint density at radius 3 is 3.00 bits per heavy atom. The minimum absolute atomic E-state index is 0.652. The first-order chi connectivity index (χ1) is 7.25. The van der Waals surface area contributed by atoms with Gasteiger partial charge in [0.15, 0.2) is 0 Å². The second-order valence-corrected chi connectivity index (χ2v) is 5.14. The Labute approximate surface area is 99.1 Å². The van der Waals surface area contributed by atoms with Gasteiger partial charge in [-0.3, -0.25) is 0 Å². The third-order valence-electron chi connectivity index (χ3n) is 2.30. The van der Waals surface area contributed by atoms with Crippen molar-refractivity contribution in [2.24, 2.45) is 5.92 Å². The number of thioether (sulfide) groups is 1. The third-order valence-corrected chi connectivity index (χ3v) is 3.68. The molecule has 2 N–H and O–H groups in total. The second kappa shape index (κ2) is 5.10. The standard InChI is InChI=1S/C11H14ClNOS/c12-10-4-3-9(13)5-11(10)15-7-14-6-8-1-2-8/h3-5,8H,1-2,6-7,13H2. The number of nitrogens with two attached hydrogens (primary N) is 1. The summed E-state index contributed by atoms with van der Waals surface area (Å²) in [4.78, 5) is 0.993. The maximum Gasteiger partial charge on any atom is 0.0967 e. The first-order valence-electron chi connectivity index (χ1n) is 5.01. The molecule has 1 fully saturated rings. The van der Waals surface area contributed by atoms with Crippen LogP contribution < -0.4 is 5.73 Å². The fourth-order valence-electron chi connectivity index (χ4n) is 1.24. The van der Waals surface area contributed by atoms with Gasteiger partial charge in [-0.1, -0.05) is 23.4 Å². The zero-order valence-electron chi connectivity index (χ0n) is 8.41. The molecule has 0 saturated heterocycles. The number of halogens is 1. The summed E-state index contributed by atoms with van der Waals surface area (Å²) in [5.74, 6) is 1.46. The number of hydrogen-bond donors (Lipinski definition) is 1. The summed E-state index contributed by atoms with van der Waals surface area (Å²) in [6.45, 7) is 0.882. The Hall–Kier alpha value is -0.380. The predicted octanol–water partition coefficient (Wildman–Crippen LogP) is 3.40. The number of hydrogen-bond acceptors (Lipinski definition) is 3. The minimum Gasteiger partial charge on any atom is -0.399 e. The van der Waals surface area contributed by atoms with Crippen LogP contribution in [0.15, 0.2) is 23.1 Å². The first kappa shape index (κ1) is 11.1. The van der Waals surface area contributed by atoms with E-state index in [-0.39, 0.29) is 0 Å². The smallest absolute Gasteiger partial charge is 0.0967 e.